The lowest BCUT2D eigenvalue weighted by atomic mass is 10.1. The van der Waals surface area contributed by atoms with Crippen molar-refractivity contribution >= 4 is 27.5 Å². The second-order valence-corrected chi connectivity index (χ2v) is 4.00. The normalized spacial score (nSPS) is 12.9. The van der Waals surface area contributed by atoms with E-state index in [1.807, 2.05) is 0 Å². The van der Waals surface area contributed by atoms with Crippen LogP contribution in [0.25, 0.3) is 0 Å². The number of nitrogens with two attached hydrogens (primary N) is 1. The smallest absolute Gasteiger partial charge is 0.127 e. The Bertz CT molecular complexity index is 293. The zero-order chi connectivity index (χ0) is 9.84. The van der Waals surface area contributed by atoms with Gasteiger partial charge in [-0.25, -0.2) is 4.39 Å². The molecule has 13 heavy (non-hydrogen) atoms. The van der Waals surface area contributed by atoms with E-state index in [4.69, 9.17) is 17.3 Å². The van der Waals surface area contributed by atoms with Crippen LogP contribution in [-0.4, -0.2) is 6.54 Å². The van der Waals surface area contributed by atoms with Gasteiger partial charge in [-0.05, 0) is 31.2 Å². The molecule has 0 spiro atoms. The molecular weight excluding hydrogens is 256 g/mol. The maximum Gasteiger partial charge on any atom is 0.127 e. The Morgan fingerprint density at radius 2 is 2.23 bits per heavy atom. The predicted molar refractivity (Wildman–Crippen MR) is 56.7 cm³/mol. The molecule has 0 saturated carbocycles. The van der Waals surface area contributed by atoms with E-state index in [-0.39, 0.29) is 0 Å². The van der Waals surface area contributed by atoms with Gasteiger partial charge in [0.15, 0.2) is 0 Å². The summed E-state index contributed by atoms with van der Waals surface area (Å²) in [5, 5.41) is 0.540. The highest BCUT2D eigenvalue weighted by Gasteiger charge is 2.12. The van der Waals surface area contributed by atoms with Crippen molar-refractivity contribution in [2.45, 2.75) is 12.6 Å². The Kier molecular flexibility index (Phi) is 4.16. The molecule has 1 atom stereocenters. The summed E-state index contributed by atoms with van der Waals surface area (Å²) in [7, 11) is 0. The molecule has 0 aliphatic rings. The zero-order valence-corrected chi connectivity index (χ0v) is 9.28. The molecule has 0 aromatic heterocycles. The third-order valence-electron chi connectivity index (χ3n) is 1.72. The quantitative estimate of drug-likeness (QED) is 0.891. The van der Waals surface area contributed by atoms with Crippen LogP contribution in [-0.2, 0) is 0 Å². The molecule has 0 amide bonds. The van der Waals surface area contributed by atoms with E-state index in [2.05, 4.69) is 15.9 Å². The molecule has 0 radical (unpaired) electrons. The number of rotatable bonds is 3. The van der Waals surface area contributed by atoms with Crippen molar-refractivity contribution in [2.75, 3.05) is 6.54 Å². The highest BCUT2D eigenvalue weighted by Crippen LogP contribution is 2.30. The van der Waals surface area contributed by atoms with E-state index in [1.165, 1.54) is 0 Å². The summed E-state index contributed by atoms with van der Waals surface area (Å²) in [5.74, 6) is 0. The first-order valence-corrected chi connectivity index (χ1v) is 5.11. The van der Waals surface area contributed by atoms with Gasteiger partial charge in [-0.1, -0.05) is 27.5 Å². The Labute approximate surface area is 90.2 Å². The molecule has 0 fully saturated rings. The summed E-state index contributed by atoms with van der Waals surface area (Å²) < 4.78 is 14.1. The summed E-state index contributed by atoms with van der Waals surface area (Å²) in [5.41, 5.74) is 5.83. The largest absolute Gasteiger partial charge is 0.330 e. The molecule has 1 unspecified atom stereocenters. The van der Waals surface area contributed by atoms with E-state index >= 15 is 0 Å². The van der Waals surface area contributed by atoms with Gasteiger partial charge in [0.2, 0.25) is 0 Å². The van der Waals surface area contributed by atoms with Gasteiger partial charge in [0.25, 0.3) is 0 Å². The molecule has 1 aromatic rings. The first kappa shape index (κ1) is 11.0. The summed E-state index contributed by atoms with van der Waals surface area (Å²) in [6.45, 7) is 0.333. The highest BCUT2D eigenvalue weighted by molar-refractivity contribution is 9.10. The number of hydrogen-bond donors (Lipinski definition) is 1. The van der Waals surface area contributed by atoms with Gasteiger partial charge in [0.1, 0.15) is 6.17 Å². The SMILES string of the molecule is NCCC(F)c1cc(Cl)ccc1Br. The van der Waals surface area contributed by atoms with E-state index < -0.39 is 6.17 Å². The molecule has 4 heteroatoms. The first-order chi connectivity index (χ1) is 6.15. The van der Waals surface area contributed by atoms with Crippen LogP contribution < -0.4 is 5.73 Å². The fourth-order valence-electron chi connectivity index (χ4n) is 1.06. The fourth-order valence-corrected chi connectivity index (χ4v) is 1.73. The van der Waals surface area contributed by atoms with Crippen LogP contribution in [0.2, 0.25) is 5.02 Å². The predicted octanol–water partition coefficient (Wildman–Crippen LogP) is 3.46. The third-order valence-corrected chi connectivity index (χ3v) is 2.67. The third kappa shape index (κ3) is 2.93. The zero-order valence-electron chi connectivity index (χ0n) is 6.93. The van der Waals surface area contributed by atoms with Crippen LogP contribution in [0.3, 0.4) is 0 Å². The lowest BCUT2D eigenvalue weighted by molar-refractivity contribution is 0.326. The second kappa shape index (κ2) is 4.94. The Balaban J connectivity index is 2.91. The van der Waals surface area contributed by atoms with Gasteiger partial charge in [-0.15, -0.1) is 0 Å². The van der Waals surface area contributed by atoms with E-state index in [0.29, 0.717) is 23.6 Å². The fraction of sp³-hybridized carbons (Fsp3) is 0.333. The minimum absolute atomic E-state index is 0.318. The molecular formula is C9H10BrClFN. The summed E-state index contributed by atoms with van der Waals surface area (Å²) in [6.07, 6.45) is -0.725. The molecule has 72 valence electrons. The van der Waals surface area contributed by atoms with Crippen LogP contribution in [0, 0.1) is 0 Å². The summed E-state index contributed by atoms with van der Waals surface area (Å²) in [6, 6.07) is 5.07. The van der Waals surface area contributed by atoms with Gasteiger partial charge in [0.05, 0.1) is 0 Å². The molecule has 1 rings (SSSR count). The Hall–Kier alpha value is -0.120. The van der Waals surface area contributed by atoms with Crippen molar-refractivity contribution in [1.82, 2.24) is 0 Å². The maximum atomic E-state index is 13.4. The van der Waals surface area contributed by atoms with Crippen molar-refractivity contribution in [1.29, 1.82) is 0 Å². The van der Waals surface area contributed by atoms with E-state index in [0.717, 1.165) is 4.47 Å². The lowest BCUT2D eigenvalue weighted by Gasteiger charge is -2.09. The minimum atomic E-state index is -1.04. The number of alkyl halides is 1. The number of halogens is 3. The minimum Gasteiger partial charge on any atom is -0.330 e. The molecule has 0 heterocycles. The second-order valence-electron chi connectivity index (χ2n) is 2.71. The van der Waals surface area contributed by atoms with Crippen molar-refractivity contribution in [2.24, 2.45) is 5.73 Å². The molecule has 0 saturated heterocycles. The lowest BCUT2D eigenvalue weighted by Crippen LogP contribution is -2.04. The highest BCUT2D eigenvalue weighted by atomic mass is 79.9. The van der Waals surface area contributed by atoms with Crippen LogP contribution in [0.15, 0.2) is 22.7 Å². The standard InChI is InChI=1S/C9H10BrClFN/c10-8-2-1-6(11)5-7(8)9(12)3-4-13/h1-2,5,9H,3-4,13H2. The van der Waals surface area contributed by atoms with Crippen LogP contribution in [0.4, 0.5) is 4.39 Å². The monoisotopic (exact) mass is 265 g/mol. The molecule has 1 aromatic carbocycles. The molecule has 2 N–H and O–H groups in total. The van der Waals surface area contributed by atoms with Gasteiger partial charge in [-0.3, -0.25) is 0 Å². The molecule has 0 bridgehead atoms. The Morgan fingerprint density at radius 3 is 2.85 bits per heavy atom. The molecule has 1 nitrogen and oxygen atoms in total. The molecule has 0 aliphatic carbocycles. The van der Waals surface area contributed by atoms with Gasteiger partial charge < -0.3 is 5.73 Å². The van der Waals surface area contributed by atoms with E-state index in [9.17, 15) is 4.39 Å². The van der Waals surface area contributed by atoms with Crippen LogP contribution >= 0.6 is 27.5 Å². The summed E-state index contributed by atoms with van der Waals surface area (Å²) in [4.78, 5) is 0. The average Bonchev–Trinajstić information content (AvgIpc) is 2.09. The van der Waals surface area contributed by atoms with Crippen molar-refractivity contribution in [3.63, 3.8) is 0 Å². The molecule has 0 aliphatic heterocycles. The van der Waals surface area contributed by atoms with Crippen LogP contribution in [0.1, 0.15) is 18.2 Å². The van der Waals surface area contributed by atoms with Crippen molar-refractivity contribution in [3.8, 4) is 0 Å². The number of hydrogen-bond acceptors (Lipinski definition) is 1. The maximum absolute atomic E-state index is 13.4. The van der Waals surface area contributed by atoms with Gasteiger partial charge in [0, 0.05) is 15.1 Å². The average molecular weight is 267 g/mol. The van der Waals surface area contributed by atoms with Crippen LogP contribution in [0.5, 0.6) is 0 Å². The van der Waals surface area contributed by atoms with E-state index in [1.54, 1.807) is 18.2 Å². The van der Waals surface area contributed by atoms with Crippen molar-refractivity contribution < 1.29 is 4.39 Å². The summed E-state index contributed by atoms with van der Waals surface area (Å²) >= 11 is 9.00. The van der Waals surface area contributed by atoms with Crippen molar-refractivity contribution in [3.05, 3.63) is 33.3 Å². The van der Waals surface area contributed by atoms with Gasteiger partial charge >= 0.3 is 0 Å². The topological polar surface area (TPSA) is 26.0 Å². The first-order valence-electron chi connectivity index (χ1n) is 3.94. The van der Waals surface area contributed by atoms with Gasteiger partial charge in [-0.2, -0.15) is 0 Å². The Morgan fingerprint density at radius 1 is 1.54 bits per heavy atom. The number of benzene rings is 1.